The van der Waals surface area contributed by atoms with Gasteiger partial charge in [0.25, 0.3) is 0 Å². The highest BCUT2D eigenvalue weighted by atomic mass is 16.8. The molecule has 8 heteroatoms. The highest BCUT2D eigenvalue weighted by Crippen LogP contribution is 2.36. The van der Waals surface area contributed by atoms with E-state index in [-0.39, 0.29) is 18.8 Å². The van der Waals surface area contributed by atoms with E-state index in [4.69, 9.17) is 28.4 Å². The predicted octanol–water partition coefficient (Wildman–Crippen LogP) is 1.13. The maximum Gasteiger partial charge on any atom is 0.167 e. The number of rotatable bonds is 5. The molecule has 0 bridgehead atoms. The third-order valence-electron chi connectivity index (χ3n) is 4.71. The van der Waals surface area contributed by atoms with Crippen molar-refractivity contribution in [1.29, 1.82) is 0 Å². The first kappa shape index (κ1) is 20.1. The number of Topliss-reactive ketones (excluding diaryl/α,β-unsaturated/α-hetero) is 1. The molecule has 0 aromatic heterocycles. The molecular weight excluding hydrogens is 344 g/mol. The lowest BCUT2D eigenvalue weighted by Gasteiger charge is -2.24. The van der Waals surface area contributed by atoms with E-state index in [9.17, 15) is 9.90 Å². The van der Waals surface area contributed by atoms with E-state index in [0.29, 0.717) is 6.61 Å². The standard InChI is InChI=1S/C18H30O8/c1-16(2)21-8-12(23-16)10(19)7-11(20)14-15(26-18(5,6)25-14)13-9-22-17(3,4)24-13/h10,12-15,19H,7-9H2,1-6H3/t10-,12-,13-,14-,15-/m0/s1. The van der Waals surface area contributed by atoms with E-state index < -0.39 is 47.9 Å². The molecule has 3 heterocycles. The lowest BCUT2D eigenvalue weighted by atomic mass is 9.98. The first-order chi connectivity index (χ1) is 11.9. The van der Waals surface area contributed by atoms with Crippen LogP contribution in [0.15, 0.2) is 0 Å². The first-order valence-corrected chi connectivity index (χ1v) is 9.07. The molecule has 3 saturated heterocycles. The molecule has 8 nitrogen and oxygen atoms in total. The zero-order chi connectivity index (χ0) is 19.3. The minimum Gasteiger partial charge on any atom is -0.390 e. The average Bonchev–Trinajstić information content (AvgIpc) is 3.13. The minimum absolute atomic E-state index is 0.109. The van der Waals surface area contributed by atoms with Gasteiger partial charge in [0.15, 0.2) is 23.1 Å². The zero-order valence-electron chi connectivity index (χ0n) is 16.3. The first-order valence-electron chi connectivity index (χ1n) is 9.07. The van der Waals surface area contributed by atoms with Crippen molar-refractivity contribution in [3.8, 4) is 0 Å². The number of aliphatic hydroxyl groups is 1. The van der Waals surface area contributed by atoms with Gasteiger partial charge >= 0.3 is 0 Å². The molecule has 3 rings (SSSR count). The van der Waals surface area contributed by atoms with Gasteiger partial charge in [-0.2, -0.15) is 0 Å². The molecule has 0 saturated carbocycles. The highest BCUT2D eigenvalue weighted by Gasteiger charge is 2.52. The summed E-state index contributed by atoms with van der Waals surface area (Å²) in [7, 11) is 0. The number of hydrogen-bond donors (Lipinski definition) is 1. The van der Waals surface area contributed by atoms with Gasteiger partial charge < -0.3 is 33.5 Å². The van der Waals surface area contributed by atoms with Crippen molar-refractivity contribution >= 4 is 5.78 Å². The Morgan fingerprint density at radius 2 is 1.54 bits per heavy atom. The normalized spacial score (nSPS) is 39.2. The number of ketones is 1. The van der Waals surface area contributed by atoms with Crippen LogP contribution in [-0.2, 0) is 33.2 Å². The van der Waals surface area contributed by atoms with Crippen LogP contribution in [0.5, 0.6) is 0 Å². The van der Waals surface area contributed by atoms with Crippen LogP contribution in [0.2, 0.25) is 0 Å². The maximum absolute atomic E-state index is 12.8. The Labute approximate surface area is 154 Å². The summed E-state index contributed by atoms with van der Waals surface area (Å²) in [6.07, 6.45) is -3.48. The fraction of sp³-hybridized carbons (Fsp3) is 0.944. The Balaban J connectivity index is 1.64. The third kappa shape index (κ3) is 4.44. The van der Waals surface area contributed by atoms with Gasteiger partial charge in [0.1, 0.15) is 24.4 Å². The molecule has 3 aliphatic heterocycles. The summed E-state index contributed by atoms with van der Waals surface area (Å²) in [6.45, 7) is 11.2. The molecule has 0 aromatic rings. The van der Waals surface area contributed by atoms with E-state index in [1.165, 1.54) is 0 Å². The fourth-order valence-electron chi connectivity index (χ4n) is 3.55. The summed E-state index contributed by atoms with van der Waals surface area (Å²) >= 11 is 0. The fourth-order valence-corrected chi connectivity index (χ4v) is 3.55. The van der Waals surface area contributed by atoms with Crippen LogP contribution in [0.1, 0.15) is 48.0 Å². The second kappa shape index (κ2) is 6.77. The summed E-state index contributed by atoms with van der Waals surface area (Å²) in [4.78, 5) is 12.8. The molecule has 1 N–H and O–H groups in total. The molecular formula is C18H30O8. The van der Waals surface area contributed by atoms with Crippen molar-refractivity contribution in [2.24, 2.45) is 0 Å². The zero-order valence-corrected chi connectivity index (χ0v) is 16.3. The number of carbonyl (C=O) groups is 1. The number of aliphatic hydroxyl groups excluding tert-OH is 1. The molecule has 3 fully saturated rings. The van der Waals surface area contributed by atoms with Crippen LogP contribution >= 0.6 is 0 Å². The Bertz CT molecular complexity index is 543. The molecule has 150 valence electrons. The molecule has 3 aliphatic rings. The second-order valence-corrected chi connectivity index (χ2v) is 8.49. The van der Waals surface area contributed by atoms with Crippen LogP contribution in [-0.4, -0.2) is 72.0 Å². The lowest BCUT2D eigenvalue weighted by molar-refractivity contribution is -0.175. The summed E-state index contributed by atoms with van der Waals surface area (Å²) in [5, 5.41) is 10.4. The predicted molar refractivity (Wildman–Crippen MR) is 89.3 cm³/mol. The number of carbonyl (C=O) groups excluding carboxylic acids is 1. The molecule has 0 aromatic carbocycles. The Hall–Kier alpha value is -0.610. The SMILES string of the molecule is CC1(C)OC[C@@H]([C@@H]2OC(C)(C)O[C@H]2C(=O)C[C@H](O)[C@@H]2COC(C)(C)O2)O1. The van der Waals surface area contributed by atoms with Gasteiger partial charge in [0.2, 0.25) is 0 Å². The van der Waals surface area contributed by atoms with Gasteiger partial charge in [0.05, 0.1) is 19.3 Å². The molecule has 0 unspecified atom stereocenters. The van der Waals surface area contributed by atoms with Crippen LogP contribution in [0.25, 0.3) is 0 Å². The van der Waals surface area contributed by atoms with Crippen molar-refractivity contribution in [3.05, 3.63) is 0 Å². The van der Waals surface area contributed by atoms with Crippen LogP contribution < -0.4 is 0 Å². The Morgan fingerprint density at radius 3 is 2.08 bits per heavy atom. The van der Waals surface area contributed by atoms with Crippen molar-refractivity contribution in [2.45, 2.75) is 95.8 Å². The van der Waals surface area contributed by atoms with Gasteiger partial charge in [-0.05, 0) is 41.5 Å². The summed E-state index contributed by atoms with van der Waals surface area (Å²) < 4.78 is 34.3. The van der Waals surface area contributed by atoms with Gasteiger partial charge in [-0.3, -0.25) is 4.79 Å². The van der Waals surface area contributed by atoms with Crippen LogP contribution in [0.4, 0.5) is 0 Å². The maximum atomic E-state index is 12.8. The van der Waals surface area contributed by atoms with Gasteiger partial charge in [-0.1, -0.05) is 0 Å². The Kier molecular flexibility index (Phi) is 5.24. The summed E-state index contributed by atoms with van der Waals surface area (Å²) in [5.41, 5.74) is 0. The number of hydrogen-bond acceptors (Lipinski definition) is 8. The van der Waals surface area contributed by atoms with Gasteiger partial charge in [-0.25, -0.2) is 0 Å². The van der Waals surface area contributed by atoms with E-state index in [2.05, 4.69) is 0 Å². The Morgan fingerprint density at radius 1 is 0.923 bits per heavy atom. The molecule has 0 spiro atoms. The van der Waals surface area contributed by atoms with Crippen molar-refractivity contribution in [1.82, 2.24) is 0 Å². The van der Waals surface area contributed by atoms with Crippen molar-refractivity contribution in [2.75, 3.05) is 13.2 Å². The number of ether oxygens (including phenoxy) is 6. The van der Waals surface area contributed by atoms with E-state index >= 15 is 0 Å². The van der Waals surface area contributed by atoms with Crippen LogP contribution in [0, 0.1) is 0 Å². The summed E-state index contributed by atoms with van der Waals surface area (Å²) in [6, 6.07) is 0. The van der Waals surface area contributed by atoms with Crippen molar-refractivity contribution < 1.29 is 38.3 Å². The van der Waals surface area contributed by atoms with E-state index in [1.54, 1.807) is 27.7 Å². The minimum atomic E-state index is -0.977. The van der Waals surface area contributed by atoms with Crippen molar-refractivity contribution in [3.63, 3.8) is 0 Å². The summed E-state index contributed by atoms with van der Waals surface area (Å²) in [5.74, 6) is -2.66. The topological polar surface area (TPSA) is 92.7 Å². The quantitative estimate of drug-likeness (QED) is 0.766. The molecule has 0 aliphatic carbocycles. The smallest absolute Gasteiger partial charge is 0.167 e. The molecule has 5 atom stereocenters. The largest absolute Gasteiger partial charge is 0.390 e. The second-order valence-electron chi connectivity index (χ2n) is 8.49. The van der Waals surface area contributed by atoms with E-state index in [0.717, 1.165) is 0 Å². The highest BCUT2D eigenvalue weighted by molar-refractivity contribution is 5.84. The third-order valence-corrected chi connectivity index (χ3v) is 4.71. The molecule has 0 amide bonds. The van der Waals surface area contributed by atoms with Crippen LogP contribution in [0.3, 0.4) is 0 Å². The average molecular weight is 374 g/mol. The van der Waals surface area contributed by atoms with Gasteiger partial charge in [0, 0.05) is 6.42 Å². The van der Waals surface area contributed by atoms with Gasteiger partial charge in [-0.15, -0.1) is 0 Å². The van der Waals surface area contributed by atoms with E-state index in [1.807, 2.05) is 13.8 Å². The monoisotopic (exact) mass is 374 g/mol. The molecule has 26 heavy (non-hydrogen) atoms. The molecule has 0 radical (unpaired) electrons. The lowest BCUT2D eigenvalue weighted by Crippen LogP contribution is -2.44.